The number of carbonyl (C=O) groups excluding carboxylic acids is 1. The summed E-state index contributed by atoms with van der Waals surface area (Å²) in [4.78, 5) is 23.9. The molecule has 0 aliphatic heterocycles. The fourth-order valence-corrected chi connectivity index (χ4v) is 2.75. The van der Waals surface area contributed by atoms with Crippen LogP contribution in [-0.2, 0) is 11.2 Å². The number of furan rings is 1. The standard InChI is InChI=1S/C20H15NO5/c1-25-14-6-7-15-16(8-9-18(22)23)20(26-17(15)10-14)19(24)13-4-2-12(11-21)3-5-13/h2-7,10H,8-9H2,1H3,(H,22,23). The summed E-state index contributed by atoms with van der Waals surface area (Å²) in [5, 5.41) is 18.6. The lowest BCUT2D eigenvalue weighted by Gasteiger charge is -2.02. The van der Waals surface area contributed by atoms with E-state index in [2.05, 4.69) is 0 Å². The number of carbonyl (C=O) groups is 2. The number of benzene rings is 2. The molecule has 1 N–H and O–H groups in total. The van der Waals surface area contributed by atoms with E-state index in [0.29, 0.717) is 33.4 Å². The summed E-state index contributed by atoms with van der Waals surface area (Å²) in [5.74, 6) is -0.623. The van der Waals surface area contributed by atoms with E-state index in [1.807, 2.05) is 6.07 Å². The van der Waals surface area contributed by atoms with Gasteiger partial charge in [0.1, 0.15) is 11.3 Å². The number of hydrogen-bond acceptors (Lipinski definition) is 5. The predicted molar refractivity (Wildman–Crippen MR) is 93.3 cm³/mol. The second-order valence-electron chi connectivity index (χ2n) is 5.68. The quantitative estimate of drug-likeness (QED) is 0.683. The number of ether oxygens (including phenoxy) is 1. The van der Waals surface area contributed by atoms with Crippen molar-refractivity contribution in [3.05, 3.63) is 64.9 Å². The Morgan fingerprint density at radius 3 is 2.54 bits per heavy atom. The third kappa shape index (κ3) is 3.28. The Labute approximate surface area is 149 Å². The molecule has 2 aromatic carbocycles. The summed E-state index contributed by atoms with van der Waals surface area (Å²) in [6.07, 6.45) is 0.0559. The van der Waals surface area contributed by atoms with Gasteiger partial charge in [-0.25, -0.2) is 0 Å². The Morgan fingerprint density at radius 1 is 1.19 bits per heavy atom. The summed E-state index contributed by atoms with van der Waals surface area (Å²) in [6.45, 7) is 0. The van der Waals surface area contributed by atoms with Crippen LogP contribution < -0.4 is 4.74 Å². The maximum Gasteiger partial charge on any atom is 0.303 e. The molecular weight excluding hydrogens is 334 g/mol. The SMILES string of the molecule is COc1ccc2c(CCC(=O)O)c(C(=O)c3ccc(C#N)cc3)oc2c1. The van der Waals surface area contributed by atoms with E-state index in [1.54, 1.807) is 42.5 Å². The van der Waals surface area contributed by atoms with Crippen LogP contribution in [0, 0.1) is 11.3 Å². The van der Waals surface area contributed by atoms with Crippen LogP contribution in [0.15, 0.2) is 46.9 Å². The Bertz CT molecular complexity index is 1020. The fraction of sp³-hybridized carbons (Fsp3) is 0.150. The van der Waals surface area contributed by atoms with Crippen LogP contribution in [0.4, 0.5) is 0 Å². The number of fused-ring (bicyclic) bond motifs is 1. The highest BCUT2D eigenvalue weighted by molar-refractivity contribution is 6.10. The molecule has 0 unspecified atom stereocenters. The Kier molecular flexibility index (Phi) is 4.72. The van der Waals surface area contributed by atoms with E-state index in [0.717, 1.165) is 0 Å². The van der Waals surface area contributed by atoms with Crippen LogP contribution in [-0.4, -0.2) is 24.0 Å². The van der Waals surface area contributed by atoms with Gasteiger partial charge in [0.2, 0.25) is 5.78 Å². The van der Waals surface area contributed by atoms with Gasteiger partial charge in [-0.2, -0.15) is 5.26 Å². The van der Waals surface area contributed by atoms with Gasteiger partial charge in [0.25, 0.3) is 0 Å². The predicted octanol–water partition coefficient (Wildman–Crippen LogP) is 3.56. The zero-order valence-electron chi connectivity index (χ0n) is 14.0. The van der Waals surface area contributed by atoms with Gasteiger partial charge in [-0.1, -0.05) is 0 Å². The largest absolute Gasteiger partial charge is 0.497 e. The average Bonchev–Trinajstić information content (AvgIpc) is 3.03. The molecule has 1 aromatic heterocycles. The Balaban J connectivity index is 2.09. The maximum atomic E-state index is 12.9. The molecule has 6 heteroatoms. The molecule has 0 aliphatic carbocycles. The van der Waals surface area contributed by atoms with Crippen LogP contribution in [0.1, 0.15) is 33.7 Å². The highest BCUT2D eigenvalue weighted by Crippen LogP contribution is 2.31. The fourth-order valence-electron chi connectivity index (χ4n) is 2.75. The van der Waals surface area contributed by atoms with E-state index >= 15 is 0 Å². The minimum atomic E-state index is -0.954. The van der Waals surface area contributed by atoms with Gasteiger partial charge >= 0.3 is 5.97 Å². The summed E-state index contributed by atoms with van der Waals surface area (Å²) in [6, 6.07) is 13.4. The normalized spacial score (nSPS) is 10.5. The molecule has 3 aromatic rings. The molecule has 0 atom stereocenters. The zero-order valence-corrected chi connectivity index (χ0v) is 14.0. The number of aryl methyl sites for hydroxylation is 1. The van der Waals surface area contributed by atoms with Crippen LogP contribution in [0.5, 0.6) is 5.75 Å². The monoisotopic (exact) mass is 349 g/mol. The Hall–Kier alpha value is -3.59. The van der Waals surface area contributed by atoms with Crippen LogP contribution in [0.2, 0.25) is 0 Å². The molecule has 0 spiro atoms. The summed E-state index contributed by atoms with van der Waals surface area (Å²) < 4.78 is 10.9. The van der Waals surface area contributed by atoms with Gasteiger partial charge in [0.15, 0.2) is 5.76 Å². The van der Waals surface area contributed by atoms with Gasteiger partial charge in [-0.15, -0.1) is 0 Å². The van der Waals surface area contributed by atoms with Crippen molar-refractivity contribution in [2.45, 2.75) is 12.8 Å². The molecule has 6 nitrogen and oxygen atoms in total. The van der Waals surface area contributed by atoms with Crippen LogP contribution in [0.3, 0.4) is 0 Å². The third-order valence-electron chi connectivity index (χ3n) is 4.07. The molecule has 0 bridgehead atoms. The van der Waals surface area contributed by atoms with Crippen molar-refractivity contribution in [3.63, 3.8) is 0 Å². The molecule has 26 heavy (non-hydrogen) atoms. The van der Waals surface area contributed by atoms with Gasteiger partial charge in [0, 0.05) is 29.0 Å². The first kappa shape index (κ1) is 17.2. The van der Waals surface area contributed by atoms with Crippen molar-refractivity contribution in [2.24, 2.45) is 0 Å². The molecule has 3 rings (SSSR count). The van der Waals surface area contributed by atoms with Gasteiger partial charge in [-0.05, 0) is 42.8 Å². The number of hydrogen-bond donors (Lipinski definition) is 1. The highest BCUT2D eigenvalue weighted by Gasteiger charge is 2.22. The minimum absolute atomic E-state index is 0.110. The topological polar surface area (TPSA) is 101 Å². The maximum absolute atomic E-state index is 12.9. The molecule has 0 saturated carbocycles. The second-order valence-corrected chi connectivity index (χ2v) is 5.68. The van der Waals surface area contributed by atoms with E-state index < -0.39 is 5.97 Å². The lowest BCUT2D eigenvalue weighted by atomic mass is 10.00. The van der Waals surface area contributed by atoms with Crippen LogP contribution in [0.25, 0.3) is 11.0 Å². The van der Waals surface area contributed by atoms with E-state index in [9.17, 15) is 9.59 Å². The summed E-state index contributed by atoms with van der Waals surface area (Å²) in [5.41, 5.74) is 1.83. The first-order valence-electron chi connectivity index (χ1n) is 7.89. The highest BCUT2D eigenvalue weighted by atomic mass is 16.5. The lowest BCUT2D eigenvalue weighted by molar-refractivity contribution is -0.136. The van der Waals surface area contributed by atoms with Gasteiger partial charge in [-0.3, -0.25) is 9.59 Å². The zero-order chi connectivity index (χ0) is 18.7. The van der Waals surface area contributed by atoms with Crippen molar-refractivity contribution in [1.29, 1.82) is 5.26 Å². The van der Waals surface area contributed by atoms with E-state index in [4.69, 9.17) is 19.5 Å². The van der Waals surface area contributed by atoms with E-state index in [1.165, 1.54) is 7.11 Å². The molecule has 0 radical (unpaired) electrons. The minimum Gasteiger partial charge on any atom is -0.497 e. The number of nitrogens with zero attached hydrogens (tertiary/aromatic N) is 1. The van der Waals surface area contributed by atoms with Crippen molar-refractivity contribution in [1.82, 2.24) is 0 Å². The molecule has 0 amide bonds. The number of aliphatic carboxylic acids is 1. The Morgan fingerprint density at radius 2 is 1.92 bits per heavy atom. The average molecular weight is 349 g/mol. The molecule has 0 aliphatic rings. The molecule has 0 saturated heterocycles. The number of carboxylic acids is 1. The van der Waals surface area contributed by atoms with Crippen molar-refractivity contribution in [3.8, 4) is 11.8 Å². The van der Waals surface area contributed by atoms with E-state index in [-0.39, 0.29) is 24.4 Å². The third-order valence-corrected chi connectivity index (χ3v) is 4.07. The number of methoxy groups -OCH3 is 1. The number of rotatable bonds is 6. The smallest absolute Gasteiger partial charge is 0.303 e. The van der Waals surface area contributed by atoms with Crippen molar-refractivity contribution >= 4 is 22.7 Å². The first-order chi connectivity index (χ1) is 12.5. The lowest BCUT2D eigenvalue weighted by Crippen LogP contribution is -2.05. The van der Waals surface area contributed by atoms with Crippen molar-refractivity contribution < 1.29 is 23.8 Å². The molecule has 1 heterocycles. The number of carboxylic acid groups (broad SMARTS) is 1. The summed E-state index contributed by atoms with van der Waals surface area (Å²) >= 11 is 0. The first-order valence-corrected chi connectivity index (χ1v) is 7.89. The van der Waals surface area contributed by atoms with Crippen molar-refractivity contribution in [2.75, 3.05) is 7.11 Å². The van der Waals surface area contributed by atoms with Gasteiger partial charge < -0.3 is 14.3 Å². The number of ketones is 1. The van der Waals surface area contributed by atoms with Gasteiger partial charge in [0.05, 0.1) is 18.7 Å². The van der Waals surface area contributed by atoms with Crippen LogP contribution >= 0.6 is 0 Å². The molecular formula is C20H15NO5. The molecule has 130 valence electrons. The summed E-state index contributed by atoms with van der Waals surface area (Å²) in [7, 11) is 1.53. The number of nitriles is 1. The second kappa shape index (κ2) is 7.11. The molecule has 0 fully saturated rings.